The van der Waals surface area contributed by atoms with Crippen LogP contribution in [-0.4, -0.2) is 31.4 Å². The van der Waals surface area contributed by atoms with E-state index in [4.69, 9.17) is 0 Å². The normalized spacial score (nSPS) is 14.2. The number of benzene rings is 1. The number of fused-ring (bicyclic) bond motifs is 1. The van der Waals surface area contributed by atoms with E-state index in [1.807, 2.05) is 0 Å². The van der Waals surface area contributed by atoms with Crippen LogP contribution in [0.5, 0.6) is 0 Å². The molecule has 6 nitrogen and oxygen atoms in total. The Kier molecular flexibility index (Phi) is 4.44. The second-order valence-electron chi connectivity index (χ2n) is 6.26. The molecule has 9 heteroatoms. The molecular formula is C18H14F3N5O. The number of H-pyrrole nitrogens is 1. The fraction of sp³-hybridized carbons (Fsp3) is 0.222. The zero-order valence-electron chi connectivity index (χ0n) is 14.0. The second kappa shape index (κ2) is 6.92. The summed E-state index contributed by atoms with van der Waals surface area (Å²) >= 11 is 0. The molecule has 0 saturated heterocycles. The third-order valence-corrected chi connectivity index (χ3v) is 4.49. The predicted molar refractivity (Wildman–Crippen MR) is 90.0 cm³/mol. The molecule has 0 unspecified atom stereocenters. The molecule has 0 atom stereocenters. The van der Waals surface area contributed by atoms with Gasteiger partial charge in [0, 0.05) is 44.0 Å². The Morgan fingerprint density at radius 2 is 1.89 bits per heavy atom. The van der Waals surface area contributed by atoms with Gasteiger partial charge in [-0.25, -0.2) is 28.1 Å². The van der Waals surface area contributed by atoms with Gasteiger partial charge >= 0.3 is 0 Å². The van der Waals surface area contributed by atoms with Crippen molar-refractivity contribution in [2.75, 3.05) is 6.54 Å². The van der Waals surface area contributed by atoms with E-state index in [0.29, 0.717) is 35.6 Å². The molecule has 0 amide bonds. The summed E-state index contributed by atoms with van der Waals surface area (Å²) in [7, 11) is 0. The number of hydrogen-bond donors (Lipinski definition) is 1. The first kappa shape index (κ1) is 17.3. The van der Waals surface area contributed by atoms with Crippen LogP contribution in [0.15, 0.2) is 35.6 Å². The van der Waals surface area contributed by atoms with E-state index in [9.17, 15) is 18.0 Å². The molecule has 2 aromatic heterocycles. The van der Waals surface area contributed by atoms with Crippen molar-refractivity contribution in [3.63, 3.8) is 0 Å². The van der Waals surface area contributed by atoms with Crippen molar-refractivity contribution in [3.8, 4) is 11.4 Å². The van der Waals surface area contributed by atoms with Gasteiger partial charge in [0.1, 0.15) is 12.2 Å². The van der Waals surface area contributed by atoms with Crippen molar-refractivity contribution in [1.29, 1.82) is 0 Å². The molecule has 0 saturated carbocycles. The molecule has 4 rings (SSSR count). The minimum Gasteiger partial charge on any atom is -0.306 e. The van der Waals surface area contributed by atoms with Crippen LogP contribution < -0.4 is 5.56 Å². The van der Waals surface area contributed by atoms with Gasteiger partial charge in [0.2, 0.25) is 0 Å². The van der Waals surface area contributed by atoms with Gasteiger partial charge in [0.05, 0.1) is 16.8 Å². The molecule has 27 heavy (non-hydrogen) atoms. The monoisotopic (exact) mass is 373 g/mol. The van der Waals surface area contributed by atoms with Gasteiger partial charge in [-0.15, -0.1) is 0 Å². The zero-order chi connectivity index (χ0) is 19.0. The summed E-state index contributed by atoms with van der Waals surface area (Å²) in [5.74, 6) is -3.52. The van der Waals surface area contributed by atoms with Crippen molar-refractivity contribution < 1.29 is 13.2 Å². The number of nitrogens with zero attached hydrogens (tertiary/aromatic N) is 4. The van der Waals surface area contributed by atoms with Gasteiger partial charge < -0.3 is 4.98 Å². The quantitative estimate of drug-likeness (QED) is 0.713. The largest absolute Gasteiger partial charge is 0.306 e. The van der Waals surface area contributed by atoms with Crippen LogP contribution in [-0.2, 0) is 19.5 Å². The Morgan fingerprint density at radius 1 is 1.11 bits per heavy atom. The Morgan fingerprint density at radius 3 is 2.67 bits per heavy atom. The standard InChI is InChI=1S/C18H14F3N5O/c19-13-2-1-10(15(20)16(13)21)7-26-4-3-14-12(8-26)18(27)25-17(24-14)11-5-22-9-23-6-11/h1-2,5-6,9H,3-4,7-8H2,(H,24,25,27). The Balaban J connectivity index is 1.59. The van der Waals surface area contributed by atoms with Crippen molar-refractivity contribution in [1.82, 2.24) is 24.8 Å². The summed E-state index contributed by atoms with van der Waals surface area (Å²) in [6, 6.07) is 2.11. The van der Waals surface area contributed by atoms with Crippen LogP contribution in [0.2, 0.25) is 0 Å². The van der Waals surface area contributed by atoms with Gasteiger partial charge in [0.15, 0.2) is 17.5 Å². The maximum absolute atomic E-state index is 13.9. The number of hydrogen-bond acceptors (Lipinski definition) is 5. The van der Waals surface area contributed by atoms with E-state index in [0.717, 1.165) is 6.07 Å². The molecule has 0 radical (unpaired) electrons. The van der Waals surface area contributed by atoms with Crippen molar-refractivity contribution >= 4 is 0 Å². The molecule has 3 aromatic rings. The zero-order valence-corrected chi connectivity index (χ0v) is 14.0. The van der Waals surface area contributed by atoms with Crippen molar-refractivity contribution in [3.05, 3.63) is 75.5 Å². The molecular weight excluding hydrogens is 359 g/mol. The lowest BCUT2D eigenvalue weighted by Gasteiger charge is -2.27. The lowest BCUT2D eigenvalue weighted by Crippen LogP contribution is -2.35. The summed E-state index contributed by atoms with van der Waals surface area (Å²) in [4.78, 5) is 29.3. The average molecular weight is 373 g/mol. The summed E-state index contributed by atoms with van der Waals surface area (Å²) in [6.45, 7) is 0.810. The van der Waals surface area contributed by atoms with Crippen LogP contribution in [0.25, 0.3) is 11.4 Å². The molecule has 3 heterocycles. The Labute approximate surface area is 151 Å². The van der Waals surface area contributed by atoms with E-state index in [2.05, 4.69) is 19.9 Å². The summed E-state index contributed by atoms with van der Waals surface area (Å²) in [6.07, 6.45) is 4.97. The molecule has 0 aliphatic carbocycles. The maximum Gasteiger partial charge on any atom is 0.255 e. The average Bonchev–Trinajstić information content (AvgIpc) is 2.69. The van der Waals surface area contributed by atoms with E-state index >= 15 is 0 Å². The Bertz CT molecular complexity index is 1050. The fourth-order valence-electron chi connectivity index (χ4n) is 3.10. The van der Waals surface area contributed by atoms with Gasteiger partial charge in [-0.2, -0.15) is 0 Å². The van der Waals surface area contributed by atoms with Crippen molar-refractivity contribution in [2.45, 2.75) is 19.5 Å². The van der Waals surface area contributed by atoms with E-state index in [1.165, 1.54) is 12.4 Å². The second-order valence-corrected chi connectivity index (χ2v) is 6.26. The summed E-state index contributed by atoms with van der Waals surface area (Å²) in [5.41, 5.74) is 1.47. The van der Waals surface area contributed by atoms with Crippen LogP contribution in [0.4, 0.5) is 13.2 Å². The molecule has 1 aromatic carbocycles. The number of halogens is 3. The number of nitrogens with one attached hydrogen (secondary N) is 1. The lowest BCUT2D eigenvalue weighted by atomic mass is 10.1. The molecule has 1 aliphatic heterocycles. The third-order valence-electron chi connectivity index (χ3n) is 4.49. The number of aromatic nitrogens is 4. The highest BCUT2D eigenvalue weighted by atomic mass is 19.2. The smallest absolute Gasteiger partial charge is 0.255 e. The maximum atomic E-state index is 13.9. The van der Waals surface area contributed by atoms with Crippen LogP contribution >= 0.6 is 0 Å². The first-order chi connectivity index (χ1) is 13.0. The minimum absolute atomic E-state index is 0.0415. The fourth-order valence-corrected chi connectivity index (χ4v) is 3.10. The van der Waals surface area contributed by atoms with Gasteiger partial charge in [-0.3, -0.25) is 9.69 Å². The Hall–Kier alpha value is -3.07. The van der Waals surface area contributed by atoms with E-state index < -0.39 is 17.5 Å². The van der Waals surface area contributed by atoms with E-state index in [1.54, 1.807) is 17.3 Å². The van der Waals surface area contributed by atoms with Crippen LogP contribution in [0.3, 0.4) is 0 Å². The lowest BCUT2D eigenvalue weighted by molar-refractivity contribution is 0.237. The molecule has 0 fully saturated rings. The SMILES string of the molecule is O=c1[nH]c(-c2cncnc2)nc2c1CN(Cc1ccc(F)c(F)c1F)CC2. The van der Waals surface area contributed by atoms with Gasteiger partial charge in [-0.1, -0.05) is 6.07 Å². The summed E-state index contributed by atoms with van der Waals surface area (Å²) in [5, 5.41) is 0. The molecule has 0 bridgehead atoms. The highest BCUT2D eigenvalue weighted by Crippen LogP contribution is 2.21. The molecule has 1 aliphatic rings. The summed E-state index contributed by atoms with van der Waals surface area (Å²) < 4.78 is 40.4. The first-order valence-corrected chi connectivity index (χ1v) is 8.25. The predicted octanol–water partition coefficient (Wildman–Crippen LogP) is 2.20. The van der Waals surface area contributed by atoms with Gasteiger partial charge in [0.25, 0.3) is 5.56 Å². The van der Waals surface area contributed by atoms with Crippen molar-refractivity contribution in [2.24, 2.45) is 0 Å². The molecule has 0 spiro atoms. The van der Waals surface area contributed by atoms with Crippen LogP contribution in [0.1, 0.15) is 16.8 Å². The highest BCUT2D eigenvalue weighted by Gasteiger charge is 2.23. The number of aromatic amines is 1. The third kappa shape index (κ3) is 3.33. The van der Waals surface area contributed by atoms with E-state index in [-0.39, 0.29) is 24.2 Å². The molecule has 138 valence electrons. The number of rotatable bonds is 3. The highest BCUT2D eigenvalue weighted by molar-refractivity contribution is 5.52. The first-order valence-electron chi connectivity index (χ1n) is 8.25. The topological polar surface area (TPSA) is 74.8 Å². The molecule has 1 N–H and O–H groups in total. The van der Waals surface area contributed by atoms with Gasteiger partial charge in [-0.05, 0) is 6.07 Å². The van der Waals surface area contributed by atoms with Crippen LogP contribution in [0, 0.1) is 17.5 Å². The minimum atomic E-state index is -1.49.